The maximum absolute atomic E-state index is 5.61. The van der Waals surface area contributed by atoms with Crippen molar-refractivity contribution in [2.24, 2.45) is 4.99 Å². The van der Waals surface area contributed by atoms with Gasteiger partial charge in [-0.2, -0.15) is 0 Å². The zero-order valence-corrected chi connectivity index (χ0v) is 17.7. The van der Waals surface area contributed by atoms with E-state index in [9.17, 15) is 0 Å². The van der Waals surface area contributed by atoms with Crippen LogP contribution in [0, 0.1) is 0 Å². The van der Waals surface area contributed by atoms with Crippen LogP contribution in [0.15, 0.2) is 27.8 Å². The van der Waals surface area contributed by atoms with E-state index in [1.807, 2.05) is 19.1 Å². The molecule has 1 unspecified atom stereocenters. The second kappa shape index (κ2) is 14.5. The summed E-state index contributed by atoms with van der Waals surface area (Å²) >= 11 is 0. The van der Waals surface area contributed by atoms with Crippen LogP contribution in [-0.4, -0.2) is 57.3 Å². The Bertz CT molecular complexity index is 422. The van der Waals surface area contributed by atoms with Gasteiger partial charge in [0.25, 0.3) is 0 Å². The molecule has 24 heavy (non-hydrogen) atoms. The minimum atomic E-state index is 0. The second-order valence-electron chi connectivity index (χ2n) is 5.18. The first kappa shape index (κ1) is 23.2. The highest BCUT2D eigenvalue weighted by Crippen LogP contribution is 2.20. The lowest BCUT2D eigenvalue weighted by Crippen LogP contribution is -2.43. The van der Waals surface area contributed by atoms with Crippen LogP contribution < -0.4 is 10.6 Å². The summed E-state index contributed by atoms with van der Waals surface area (Å²) in [5.41, 5.74) is 0. The summed E-state index contributed by atoms with van der Waals surface area (Å²) in [5, 5.41) is 6.71. The molecule has 0 aromatic carbocycles. The molecule has 1 aromatic heterocycles. The average molecular weight is 452 g/mol. The largest absolute Gasteiger partial charge is 0.468 e. The molecule has 0 aliphatic heterocycles. The van der Waals surface area contributed by atoms with Gasteiger partial charge >= 0.3 is 0 Å². The first-order chi connectivity index (χ1) is 11.3. The molecule has 1 aromatic rings. The minimum absolute atomic E-state index is 0. The number of likely N-dealkylation sites (N-methyl/N-ethyl adjacent to an activating group) is 1. The van der Waals surface area contributed by atoms with Crippen molar-refractivity contribution in [3.05, 3.63) is 24.2 Å². The number of rotatable bonds is 11. The lowest BCUT2D eigenvalue weighted by Gasteiger charge is -2.28. The molecule has 0 amide bonds. The number of aliphatic imine (C=N–C) groups is 1. The lowest BCUT2D eigenvalue weighted by atomic mass is 10.2. The minimum Gasteiger partial charge on any atom is -0.468 e. The van der Waals surface area contributed by atoms with Gasteiger partial charge in [-0.05, 0) is 38.6 Å². The van der Waals surface area contributed by atoms with Crippen LogP contribution in [0.4, 0.5) is 0 Å². The molecule has 0 spiro atoms. The fourth-order valence-corrected chi connectivity index (χ4v) is 2.49. The highest BCUT2D eigenvalue weighted by molar-refractivity contribution is 14.0. The number of hydrogen-bond acceptors (Lipinski definition) is 4. The van der Waals surface area contributed by atoms with Gasteiger partial charge in [-0.25, -0.2) is 0 Å². The number of halogens is 1. The number of hydrogen-bond donors (Lipinski definition) is 2. The van der Waals surface area contributed by atoms with Gasteiger partial charge in [-0.3, -0.25) is 9.89 Å². The summed E-state index contributed by atoms with van der Waals surface area (Å²) in [4.78, 5) is 6.64. The molecule has 0 fully saturated rings. The smallest absolute Gasteiger partial charge is 0.191 e. The fourth-order valence-electron chi connectivity index (χ4n) is 2.49. The molecule has 2 N–H and O–H groups in total. The monoisotopic (exact) mass is 452 g/mol. The molecule has 0 aliphatic rings. The maximum atomic E-state index is 5.61. The summed E-state index contributed by atoms with van der Waals surface area (Å²) in [6.07, 6.45) is 2.69. The zero-order valence-electron chi connectivity index (χ0n) is 15.4. The third-order valence-corrected chi connectivity index (χ3v) is 3.77. The van der Waals surface area contributed by atoms with E-state index in [0.29, 0.717) is 0 Å². The van der Waals surface area contributed by atoms with Crippen molar-refractivity contribution in [3.63, 3.8) is 0 Å². The summed E-state index contributed by atoms with van der Waals surface area (Å²) in [6.45, 7) is 11.4. The van der Waals surface area contributed by atoms with Crippen molar-refractivity contribution in [1.29, 1.82) is 0 Å². The SMILES string of the molecule is CCOCCCNC(=NC)NCC(c1ccco1)N(CC)CC.I. The van der Waals surface area contributed by atoms with Crippen molar-refractivity contribution in [2.45, 2.75) is 33.2 Å². The topological polar surface area (TPSA) is 62.0 Å². The number of nitrogens with zero attached hydrogens (tertiary/aromatic N) is 2. The first-order valence-corrected chi connectivity index (χ1v) is 8.56. The quantitative estimate of drug-likeness (QED) is 0.234. The summed E-state index contributed by atoms with van der Waals surface area (Å²) < 4.78 is 11.0. The molecule has 1 heterocycles. The number of ether oxygens (including phenoxy) is 1. The third kappa shape index (κ3) is 8.34. The predicted molar refractivity (Wildman–Crippen MR) is 110 cm³/mol. The van der Waals surface area contributed by atoms with Crippen LogP contribution in [0.3, 0.4) is 0 Å². The Kier molecular flexibility index (Phi) is 14.1. The third-order valence-electron chi connectivity index (χ3n) is 3.77. The van der Waals surface area contributed by atoms with E-state index in [1.54, 1.807) is 13.3 Å². The van der Waals surface area contributed by atoms with Crippen molar-refractivity contribution < 1.29 is 9.15 Å². The summed E-state index contributed by atoms with van der Waals surface area (Å²) in [7, 11) is 1.79. The normalized spacial score (nSPS) is 12.8. The number of furan rings is 1. The Morgan fingerprint density at radius 2 is 2.04 bits per heavy atom. The highest BCUT2D eigenvalue weighted by Gasteiger charge is 2.20. The molecule has 1 rings (SSSR count). The zero-order chi connectivity index (χ0) is 16.9. The van der Waals surface area contributed by atoms with E-state index < -0.39 is 0 Å². The van der Waals surface area contributed by atoms with Crippen LogP contribution in [0.5, 0.6) is 0 Å². The van der Waals surface area contributed by atoms with E-state index in [1.165, 1.54) is 0 Å². The van der Waals surface area contributed by atoms with Gasteiger partial charge in [0, 0.05) is 33.4 Å². The Hall–Kier alpha value is -0.800. The number of nitrogens with one attached hydrogen (secondary N) is 2. The molecule has 0 bridgehead atoms. The van der Waals surface area contributed by atoms with Crippen molar-refractivity contribution in [2.75, 3.05) is 46.4 Å². The fraction of sp³-hybridized carbons (Fsp3) is 0.706. The molecule has 0 radical (unpaired) electrons. The molecular weight excluding hydrogens is 419 g/mol. The van der Waals surface area contributed by atoms with Gasteiger partial charge in [0.1, 0.15) is 5.76 Å². The predicted octanol–water partition coefficient (Wildman–Crippen LogP) is 2.87. The molecule has 7 heteroatoms. The molecular formula is C17H33IN4O2. The maximum Gasteiger partial charge on any atom is 0.191 e. The van der Waals surface area contributed by atoms with Gasteiger partial charge < -0.3 is 19.8 Å². The Balaban J connectivity index is 0.00000529. The Morgan fingerprint density at radius 3 is 2.58 bits per heavy atom. The van der Waals surface area contributed by atoms with Gasteiger partial charge in [0.05, 0.1) is 12.3 Å². The molecule has 140 valence electrons. The van der Waals surface area contributed by atoms with Crippen molar-refractivity contribution >= 4 is 29.9 Å². The van der Waals surface area contributed by atoms with Gasteiger partial charge in [-0.15, -0.1) is 24.0 Å². The van der Waals surface area contributed by atoms with Crippen molar-refractivity contribution in [1.82, 2.24) is 15.5 Å². The lowest BCUT2D eigenvalue weighted by molar-refractivity contribution is 0.145. The molecule has 6 nitrogen and oxygen atoms in total. The molecule has 1 atom stereocenters. The number of guanidine groups is 1. The molecule has 0 aliphatic carbocycles. The van der Waals surface area contributed by atoms with E-state index >= 15 is 0 Å². The Morgan fingerprint density at radius 1 is 1.29 bits per heavy atom. The standard InChI is InChI=1S/C17H32N4O2.HI/c1-5-21(6-2)15(16-10-8-13-23-16)14-20-17(18-4)19-11-9-12-22-7-3;/h8,10,13,15H,5-7,9,11-12,14H2,1-4H3,(H2,18,19,20);1H. The van der Waals surface area contributed by atoms with Gasteiger partial charge in [0.15, 0.2) is 5.96 Å². The van der Waals surface area contributed by atoms with Crippen LogP contribution in [-0.2, 0) is 4.74 Å². The highest BCUT2D eigenvalue weighted by atomic mass is 127. The molecule has 0 saturated heterocycles. The van der Waals surface area contributed by atoms with Crippen LogP contribution in [0.2, 0.25) is 0 Å². The van der Waals surface area contributed by atoms with E-state index in [2.05, 4.69) is 34.4 Å². The molecule has 0 saturated carbocycles. The first-order valence-electron chi connectivity index (χ1n) is 8.56. The van der Waals surface area contributed by atoms with Gasteiger partial charge in [0.2, 0.25) is 0 Å². The second-order valence-corrected chi connectivity index (χ2v) is 5.18. The van der Waals surface area contributed by atoms with E-state index in [0.717, 1.165) is 57.5 Å². The Labute approximate surface area is 163 Å². The van der Waals surface area contributed by atoms with Crippen molar-refractivity contribution in [3.8, 4) is 0 Å². The summed E-state index contributed by atoms with van der Waals surface area (Å²) in [6, 6.07) is 4.16. The summed E-state index contributed by atoms with van der Waals surface area (Å²) in [5.74, 6) is 1.79. The van der Waals surface area contributed by atoms with Crippen LogP contribution in [0.1, 0.15) is 39.0 Å². The van der Waals surface area contributed by atoms with Gasteiger partial charge in [-0.1, -0.05) is 13.8 Å². The van der Waals surface area contributed by atoms with Crippen LogP contribution in [0.25, 0.3) is 0 Å². The van der Waals surface area contributed by atoms with E-state index in [-0.39, 0.29) is 30.0 Å². The van der Waals surface area contributed by atoms with Crippen LogP contribution >= 0.6 is 24.0 Å². The average Bonchev–Trinajstić information content (AvgIpc) is 3.10. The van der Waals surface area contributed by atoms with E-state index in [4.69, 9.17) is 9.15 Å².